The number of aromatic nitrogens is 3. The first-order valence-corrected chi connectivity index (χ1v) is 11.6. The van der Waals surface area contributed by atoms with Gasteiger partial charge in [-0.1, -0.05) is 12.1 Å². The average molecular weight is 480 g/mol. The summed E-state index contributed by atoms with van der Waals surface area (Å²) in [6.07, 6.45) is 2.88. The summed E-state index contributed by atoms with van der Waals surface area (Å²) in [5, 5.41) is 2.78. The minimum absolute atomic E-state index is 0.0521. The molecule has 0 spiro atoms. The second kappa shape index (κ2) is 10.1. The monoisotopic (exact) mass is 479 g/mol. The number of piperidine rings is 1. The van der Waals surface area contributed by atoms with Gasteiger partial charge in [-0.15, -0.1) is 0 Å². The second-order valence-electron chi connectivity index (χ2n) is 8.72. The van der Waals surface area contributed by atoms with Crippen LogP contribution in [-0.2, 0) is 24.9 Å². The van der Waals surface area contributed by atoms with Crippen LogP contribution >= 0.6 is 0 Å². The van der Waals surface area contributed by atoms with Gasteiger partial charge in [0.1, 0.15) is 17.9 Å². The number of pyridine rings is 1. The number of methoxy groups -OCH3 is 1. The molecule has 184 valence electrons. The minimum atomic E-state index is -0.699. The quantitative estimate of drug-likeness (QED) is 0.571. The van der Waals surface area contributed by atoms with Gasteiger partial charge in [-0.05, 0) is 49.9 Å². The van der Waals surface area contributed by atoms with Gasteiger partial charge in [0.15, 0.2) is 0 Å². The third-order valence-corrected chi connectivity index (χ3v) is 6.25. The zero-order chi connectivity index (χ0) is 25.1. The Hall–Kier alpha value is -3.95. The Kier molecular flexibility index (Phi) is 6.99. The van der Waals surface area contributed by atoms with Crippen molar-refractivity contribution in [2.45, 2.75) is 39.3 Å². The molecule has 1 aliphatic rings. The molecule has 3 aromatic rings. The molecule has 4 rings (SSSR count). The van der Waals surface area contributed by atoms with E-state index in [1.807, 2.05) is 12.1 Å². The highest BCUT2D eigenvalue weighted by molar-refractivity contribution is 6.05. The number of carbonyl (C=O) groups is 2. The molecule has 1 aliphatic heterocycles. The van der Waals surface area contributed by atoms with Gasteiger partial charge >= 0.3 is 5.69 Å². The number of likely N-dealkylation sites (tertiary alicyclic amines) is 1. The molecule has 0 atom stereocenters. The van der Waals surface area contributed by atoms with E-state index in [1.54, 1.807) is 37.1 Å². The zero-order valence-electron chi connectivity index (χ0n) is 20.2. The predicted molar refractivity (Wildman–Crippen MR) is 131 cm³/mol. The first-order chi connectivity index (χ1) is 16.8. The fraction of sp³-hybridized carbons (Fsp3) is 0.400. The van der Waals surface area contributed by atoms with Gasteiger partial charge < -0.3 is 15.0 Å². The van der Waals surface area contributed by atoms with Gasteiger partial charge in [0.2, 0.25) is 5.91 Å². The zero-order valence-corrected chi connectivity index (χ0v) is 20.2. The highest BCUT2D eigenvalue weighted by Crippen LogP contribution is 2.19. The minimum Gasteiger partial charge on any atom is -0.497 e. The third-order valence-electron chi connectivity index (χ3n) is 6.25. The van der Waals surface area contributed by atoms with Crippen molar-refractivity contribution >= 4 is 22.8 Å². The molecule has 3 heterocycles. The van der Waals surface area contributed by atoms with Crippen molar-refractivity contribution in [2.24, 2.45) is 7.05 Å². The van der Waals surface area contributed by atoms with E-state index >= 15 is 0 Å². The maximum absolute atomic E-state index is 13.4. The molecular weight excluding hydrogens is 450 g/mol. The Morgan fingerprint density at radius 2 is 1.77 bits per heavy atom. The largest absolute Gasteiger partial charge is 0.497 e. The number of aryl methyl sites for hydroxylation is 2. The van der Waals surface area contributed by atoms with Crippen molar-refractivity contribution in [3.8, 4) is 5.75 Å². The molecule has 1 saturated heterocycles. The van der Waals surface area contributed by atoms with Crippen LogP contribution in [0.4, 0.5) is 0 Å². The van der Waals surface area contributed by atoms with Crippen LogP contribution in [0.15, 0.2) is 39.9 Å². The summed E-state index contributed by atoms with van der Waals surface area (Å²) in [4.78, 5) is 58.5. The molecule has 35 heavy (non-hydrogen) atoms. The molecule has 0 radical (unpaired) electrons. The Morgan fingerprint density at radius 3 is 2.43 bits per heavy atom. The molecule has 0 bridgehead atoms. The molecule has 2 amide bonds. The molecule has 1 aromatic carbocycles. The lowest BCUT2D eigenvalue weighted by Gasteiger charge is -2.27. The van der Waals surface area contributed by atoms with Crippen molar-refractivity contribution in [2.75, 3.05) is 20.2 Å². The van der Waals surface area contributed by atoms with E-state index < -0.39 is 23.7 Å². The van der Waals surface area contributed by atoms with E-state index in [0.717, 1.165) is 29.4 Å². The summed E-state index contributed by atoms with van der Waals surface area (Å²) in [6, 6.07) is 8.76. The lowest BCUT2D eigenvalue weighted by atomic mass is 10.1. The normalized spacial score (nSPS) is 13.6. The number of hydrogen-bond donors (Lipinski definition) is 1. The molecule has 10 nitrogen and oxygen atoms in total. The van der Waals surface area contributed by atoms with Gasteiger partial charge in [0, 0.05) is 32.4 Å². The fourth-order valence-electron chi connectivity index (χ4n) is 4.32. The van der Waals surface area contributed by atoms with E-state index in [0.29, 0.717) is 24.5 Å². The van der Waals surface area contributed by atoms with Crippen LogP contribution in [-0.4, -0.2) is 51.0 Å². The molecule has 10 heteroatoms. The third kappa shape index (κ3) is 4.96. The molecule has 0 saturated carbocycles. The maximum Gasteiger partial charge on any atom is 0.332 e. The van der Waals surface area contributed by atoms with Gasteiger partial charge in [-0.3, -0.25) is 23.5 Å². The van der Waals surface area contributed by atoms with Gasteiger partial charge in [-0.25, -0.2) is 9.78 Å². The first kappa shape index (κ1) is 24.2. The Bertz CT molecular complexity index is 1380. The van der Waals surface area contributed by atoms with E-state index in [1.165, 1.54) is 11.6 Å². The summed E-state index contributed by atoms with van der Waals surface area (Å²) in [5.41, 5.74) is 0.346. The van der Waals surface area contributed by atoms with E-state index in [9.17, 15) is 19.2 Å². The summed E-state index contributed by atoms with van der Waals surface area (Å²) in [5.74, 6) is -0.0557. The number of amides is 2. The number of carbonyl (C=O) groups excluding carboxylic acids is 2. The fourth-order valence-corrected chi connectivity index (χ4v) is 4.32. The summed E-state index contributed by atoms with van der Waals surface area (Å²) >= 11 is 0. The molecule has 1 N–H and O–H groups in total. The van der Waals surface area contributed by atoms with Crippen molar-refractivity contribution in [1.82, 2.24) is 24.3 Å². The van der Waals surface area contributed by atoms with Crippen LogP contribution in [0.2, 0.25) is 0 Å². The van der Waals surface area contributed by atoms with Gasteiger partial charge in [0.25, 0.3) is 11.5 Å². The SMILES string of the molecule is COc1ccc(CNC(=O)Cn2c(=O)c3c(C(=O)N4CCCCC4)cc(C)nc3n(C)c2=O)cc1. The smallest absolute Gasteiger partial charge is 0.332 e. The van der Waals surface area contributed by atoms with Gasteiger partial charge in [0.05, 0.1) is 18.1 Å². The molecule has 2 aromatic heterocycles. The lowest BCUT2D eigenvalue weighted by Crippen LogP contribution is -2.44. The average Bonchev–Trinajstić information content (AvgIpc) is 2.88. The Balaban J connectivity index is 1.67. The number of nitrogens with zero attached hydrogens (tertiary/aromatic N) is 4. The van der Waals surface area contributed by atoms with Crippen LogP contribution < -0.4 is 21.3 Å². The molecular formula is C25H29N5O5. The van der Waals surface area contributed by atoms with E-state index in [4.69, 9.17) is 4.74 Å². The van der Waals surface area contributed by atoms with Crippen LogP contribution in [0, 0.1) is 6.92 Å². The van der Waals surface area contributed by atoms with Crippen LogP contribution in [0.25, 0.3) is 11.0 Å². The van der Waals surface area contributed by atoms with Crippen LogP contribution in [0.5, 0.6) is 5.75 Å². The number of ether oxygens (including phenoxy) is 1. The van der Waals surface area contributed by atoms with Crippen molar-refractivity contribution in [3.05, 3.63) is 68.0 Å². The van der Waals surface area contributed by atoms with E-state index in [-0.39, 0.29) is 29.0 Å². The highest BCUT2D eigenvalue weighted by Gasteiger charge is 2.25. The predicted octanol–water partition coefficient (Wildman–Crippen LogP) is 1.35. The van der Waals surface area contributed by atoms with Crippen molar-refractivity contribution < 1.29 is 14.3 Å². The summed E-state index contributed by atoms with van der Waals surface area (Å²) in [7, 11) is 3.05. The molecule has 0 unspecified atom stereocenters. The lowest BCUT2D eigenvalue weighted by molar-refractivity contribution is -0.121. The van der Waals surface area contributed by atoms with Crippen LogP contribution in [0.3, 0.4) is 0 Å². The molecule has 0 aliphatic carbocycles. The number of rotatable bonds is 6. The van der Waals surface area contributed by atoms with Crippen LogP contribution in [0.1, 0.15) is 40.9 Å². The number of benzene rings is 1. The van der Waals surface area contributed by atoms with E-state index in [2.05, 4.69) is 10.3 Å². The second-order valence-corrected chi connectivity index (χ2v) is 8.72. The first-order valence-electron chi connectivity index (χ1n) is 11.6. The standard InChI is InChI=1S/C25H29N5O5/c1-16-13-19(23(32)29-11-5-4-6-12-29)21-22(27-16)28(2)25(34)30(24(21)33)15-20(31)26-14-17-7-9-18(35-3)10-8-17/h7-10,13H,4-6,11-12,14-15H2,1-3H3,(H,26,31). The summed E-state index contributed by atoms with van der Waals surface area (Å²) < 4.78 is 7.20. The molecule has 1 fully saturated rings. The van der Waals surface area contributed by atoms with Crippen molar-refractivity contribution in [3.63, 3.8) is 0 Å². The topological polar surface area (TPSA) is 116 Å². The van der Waals surface area contributed by atoms with Gasteiger partial charge in [-0.2, -0.15) is 0 Å². The Labute approximate surface area is 202 Å². The number of hydrogen-bond acceptors (Lipinski definition) is 6. The maximum atomic E-state index is 13.4. The highest BCUT2D eigenvalue weighted by atomic mass is 16.5. The summed E-state index contributed by atoms with van der Waals surface area (Å²) in [6.45, 7) is 2.72. The van der Waals surface area contributed by atoms with Crippen molar-refractivity contribution in [1.29, 1.82) is 0 Å². The number of nitrogens with one attached hydrogen (secondary N) is 1. The number of fused-ring (bicyclic) bond motifs is 1. The Morgan fingerprint density at radius 1 is 1.09 bits per heavy atom.